The van der Waals surface area contributed by atoms with Crippen LogP contribution in [0.5, 0.6) is 0 Å². The second kappa shape index (κ2) is 3.22. The molecule has 4 rings (SSSR count). The Labute approximate surface area is 101 Å². The summed E-state index contributed by atoms with van der Waals surface area (Å²) in [6.07, 6.45) is 9.00. The normalized spacial score (nSPS) is 48.0. The minimum atomic E-state index is 0.656. The van der Waals surface area contributed by atoms with Crippen LogP contribution in [0.3, 0.4) is 0 Å². The topological polar surface area (TPSA) is 0 Å². The van der Waals surface area contributed by atoms with Crippen molar-refractivity contribution in [2.75, 3.05) is 11.5 Å². The Hall–Kier alpha value is 0.440. The Kier molecular flexibility index (Phi) is 2.04. The van der Waals surface area contributed by atoms with Crippen LogP contribution in [0.2, 0.25) is 0 Å². The average molecular weight is 238 g/mol. The van der Waals surface area contributed by atoms with E-state index in [1.54, 1.807) is 0 Å². The van der Waals surface area contributed by atoms with Gasteiger partial charge in [-0.25, -0.2) is 0 Å². The maximum absolute atomic E-state index is 2.33. The van der Waals surface area contributed by atoms with Crippen LogP contribution in [-0.4, -0.2) is 16.3 Å². The Morgan fingerprint density at radius 2 is 2.13 bits per heavy atom. The van der Waals surface area contributed by atoms with E-state index in [4.69, 9.17) is 0 Å². The fourth-order valence-electron chi connectivity index (χ4n) is 4.51. The van der Waals surface area contributed by atoms with Crippen LogP contribution in [0.4, 0.5) is 0 Å². The zero-order valence-corrected chi connectivity index (χ0v) is 10.8. The zero-order chi connectivity index (χ0) is 9.88. The van der Waals surface area contributed by atoms with Crippen molar-refractivity contribution in [1.29, 1.82) is 0 Å². The van der Waals surface area contributed by atoms with Gasteiger partial charge in [0.1, 0.15) is 0 Å². The quantitative estimate of drug-likeness (QED) is 0.624. The summed E-state index contributed by atoms with van der Waals surface area (Å²) in [6.45, 7) is 0. The maximum atomic E-state index is 2.33. The highest BCUT2D eigenvalue weighted by Gasteiger charge is 2.57. The molecule has 0 aromatic rings. The van der Waals surface area contributed by atoms with E-state index in [9.17, 15) is 0 Å². The first kappa shape index (κ1) is 9.47. The van der Waals surface area contributed by atoms with E-state index < -0.39 is 0 Å². The highest BCUT2D eigenvalue weighted by molar-refractivity contribution is 8.09. The number of hydrogen-bond donors (Lipinski definition) is 0. The molecule has 15 heavy (non-hydrogen) atoms. The molecule has 3 aliphatic carbocycles. The first-order valence-electron chi connectivity index (χ1n) is 6.42. The molecular weight excluding hydrogens is 220 g/mol. The van der Waals surface area contributed by atoms with Crippen molar-refractivity contribution in [2.45, 2.75) is 43.3 Å². The molecule has 0 bridgehead atoms. The van der Waals surface area contributed by atoms with Crippen LogP contribution in [0.1, 0.15) is 38.5 Å². The minimum absolute atomic E-state index is 0.656. The second-order valence-corrected chi connectivity index (χ2v) is 7.97. The molecule has 2 heteroatoms. The summed E-state index contributed by atoms with van der Waals surface area (Å²) in [5, 5.41) is 0. The summed E-state index contributed by atoms with van der Waals surface area (Å²) < 4.78 is 0.656. The van der Waals surface area contributed by atoms with Crippen LogP contribution in [-0.2, 0) is 0 Å². The van der Waals surface area contributed by atoms with Gasteiger partial charge in [0.2, 0.25) is 0 Å². The summed E-state index contributed by atoms with van der Waals surface area (Å²) in [6, 6.07) is 0. The number of fused-ring (bicyclic) bond motifs is 2. The molecule has 4 aliphatic rings. The van der Waals surface area contributed by atoms with Crippen LogP contribution < -0.4 is 0 Å². The molecule has 3 fully saturated rings. The van der Waals surface area contributed by atoms with Crippen molar-refractivity contribution < 1.29 is 0 Å². The molecule has 82 valence electrons. The number of allylic oxidation sites excluding steroid dienone is 1. The van der Waals surface area contributed by atoms with Gasteiger partial charge in [-0.1, -0.05) is 12.0 Å². The molecule has 3 unspecified atom stereocenters. The second-order valence-electron chi connectivity index (χ2n) is 5.44. The summed E-state index contributed by atoms with van der Waals surface area (Å²) in [7, 11) is 0. The number of thioether (sulfide) groups is 2. The standard InChI is InChI=1S/C13H18S2/c1-3-9-10(4-1)12-13(15-8-7-14-12)6-2-5-11(9)13/h9,11H,1-8H2. The Morgan fingerprint density at radius 3 is 3.13 bits per heavy atom. The van der Waals surface area contributed by atoms with Crippen LogP contribution in [0, 0.1) is 11.8 Å². The molecule has 2 saturated carbocycles. The Balaban J connectivity index is 1.86. The van der Waals surface area contributed by atoms with E-state index in [1.165, 1.54) is 50.0 Å². The first-order chi connectivity index (χ1) is 7.42. The third-order valence-corrected chi connectivity index (χ3v) is 8.27. The monoisotopic (exact) mass is 238 g/mol. The van der Waals surface area contributed by atoms with E-state index >= 15 is 0 Å². The predicted octanol–water partition coefficient (Wildman–Crippen LogP) is 4.07. The summed E-state index contributed by atoms with van der Waals surface area (Å²) in [5.41, 5.74) is 1.93. The lowest BCUT2D eigenvalue weighted by Crippen LogP contribution is -2.32. The molecule has 1 heterocycles. The van der Waals surface area contributed by atoms with Gasteiger partial charge in [0.25, 0.3) is 0 Å². The molecular formula is C13H18S2. The fourth-order valence-corrected chi connectivity index (χ4v) is 8.08. The van der Waals surface area contributed by atoms with Crippen LogP contribution in [0.25, 0.3) is 0 Å². The van der Waals surface area contributed by atoms with Gasteiger partial charge in [0.15, 0.2) is 0 Å². The third kappa shape index (κ3) is 1.08. The van der Waals surface area contributed by atoms with Gasteiger partial charge < -0.3 is 0 Å². The molecule has 3 atom stereocenters. The highest BCUT2D eigenvalue weighted by atomic mass is 32.2. The third-order valence-electron chi connectivity index (χ3n) is 4.92. The van der Waals surface area contributed by atoms with Gasteiger partial charge in [0.05, 0.1) is 4.75 Å². The zero-order valence-electron chi connectivity index (χ0n) is 9.13. The minimum Gasteiger partial charge on any atom is -0.149 e. The highest BCUT2D eigenvalue weighted by Crippen LogP contribution is 2.67. The SMILES string of the molecule is C1CC2=C3SCCSC34CCCC4C2C1. The molecule has 0 nitrogen and oxygen atoms in total. The van der Waals surface area contributed by atoms with E-state index in [1.807, 2.05) is 10.5 Å². The first-order valence-corrected chi connectivity index (χ1v) is 8.39. The van der Waals surface area contributed by atoms with Crippen molar-refractivity contribution in [2.24, 2.45) is 11.8 Å². The lowest BCUT2D eigenvalue weighted by Gasteiger charge is -2.37. The maximum Gasteiger partial charge on any atom is 0.0501 e. The van der Waals surface area contributed by atoms with Gasteiger partial charge in [-0.05, 0) is 43.9 Å². The Bertz CT molecular complexity index is 333. The number of hydrogen-bond acceptors (Lipinski definition) is 2. The Morgan fingerprint density at radius 1 is 1.13 bits per heavy atom. The summed E-state index contributed by atoms with van der Waals surface area (Å²) in [4.78, 5) is 1.89. The van der Waals surface area contributed by atoms with Crippen molar-refractivity contribution in [1.82, 2.24) is 0 Å². The molecule has 1 aliphatic heterocycles. The lowest BCUT2D eigenvalue weighted by molar-refractivity contribution is 0.391. The molecule has 0 N–H and O–H groups in total. The molecule has 1 spiro atoms. The van der Waals surface area contributed by atoms with E-state index in [-0.39, 0.29) is 0 Å². The van der Waals surface area contributed by atoms with Gasteiger partial charge in [-0.2, -0.15) is 0 Å². The lowest BCUT2D eigenvalue weighted by atomic mass is 9.88. The van der Waals surface area contributed by atoms with Crippen molar-refractivity contribution in [3.05, 3.63) is 10.5 Å². The van der Waals surface area contributed by atoms with Gasteiger partial charge >= 0.3 is 0 Å². The van der Waals surface area contributed by atoms with Gasteiger partial charge in [-0.3, -0.25) is 0 Å². The largest absolute Gasteiger partial charge is 0.149 e. The summed E-state index contributed by atoms with van der Waals surface area (Å²) >= 11 is 4.57. The van der Waals surface area contributed by atoms with E-state index in [0.29, 0.717) is 4.75 Å². The van der Waals surface area contributed by atoms with Crippen molar-refractivity contribution >= 4 is 23.5 Å². The predicted molar refractivity (Wildman–Crippen MR) is 69.4 cm³/mol. The van der Waals surface area contributed by atoms with Crippen LogP contribution in [0.15, 0.2) is 10.5 Å². The average Bonchev–Trinajstić information content (AvgIpc) is 2.87. The molecule has 1 saturated heterocycles. The molecule has 0 aromatic heterocycles. The van der Waals surface area contributed by atoms with Crippen LogP contribution >= 0.6 is 23.5 Å². The van der Waals surface area contributed by atoms with E-state index in [2.05, 4.69) is 23.5 Å². The van der Waals surface area contributed by atoms with Crippen molar-refractivity contribution in [3.8, 4) is 0 Å². The smallest absolute Gasteiger partial charge is 0.0501 e. The van der Waals surface area contributed by atoms with Crippen molar-refractivity contribution in [3.63, 3.8) is 0 Å². The number of rotatable bonds is 0. The van der Waals surface area contributed by atoms with Gasteiger partial charge in [0, 0.05) is 16.4 Å². The van der Waals surface area contributed by atoms with Gasteiger partial charge in [-0.15, -0.1) is 23.5 Å². The molecule has 0 aromatic carbocycles. The van der Waals surface area contributed by atoms with E-state index in [0.717, 1.165) is 11.8 Å². The molecule has 0 radical (unpaired) electrons. The fraction of sp³-hybridized carbons (Fsp3) is 0.846. The summed E-state index contributed by atoms with van der Waals surface area (Å²) in [5.74, 6) is 4.87. The molecule has 0 amide bonds.